The second kappa shape index (κ2) is 11.4. The molecule has 0 spiro atoms. The fourth-order valence-corrected chi connectivity index (χ4v) is 4.12. The maximum absolute atomic E-state index is 13.9. The molecular weight excluding hydrogens is 429 g/mol. The van der Waals surface area contributed by atoms with Gasteiger partial charge in [0.1, 0.15) is 24.2 Å². The number of halogens is 1. The predicted octanol–water partition coefficient (Wildman–Crippen LogP) is 4.76. The van der Waals surface area contributed by atoms with Gasteiger partial charge >= 0.3 is 0 Å². The molecule has 0 bridgehead atoms. The Morgan fingerprint density at radius 3 is 2.59 bits per heavy atom. The lowest BCUT2D eigenvalue weighted by molar-refractivity contribution is -0.124. The molecule has 1 amide bonds. The van der Waals surface area contributed by atoms with E-state index in [2.05, 4.69) is 16.7 Å². The van der Waals surface area contributed by atoms with Crippen molar-refractivity contribution in [2.75, 3.05) is 6.54 Å². The Bertz CT molecular complexity index is 1140. The zero-order valence-electron chi connectivity index (χ0n) is 19.0. The minimum absolute atomic E-state index is 0.116. The molecule has 0 radical (unpaired) electrons. The molecule has 1 aliphatic heterocycles. The third-order valence-corrected chi connectivity index (χ3v) is 5.98. The Morgan fingerprint density at radius 1 is 1.09 bits per heavy atom. The van der Waals surface area contributed by atoms with E-state index in [0.29, 0.717) is 18.8 Å². The van der Waals surface area contributed by atoms with Crippen molar-refractivity contribution in [1.82, 2.24) is 10.6 Å². The van der Waals surface area contributed by atoms with Crippen molar-refractivity contribution in [1.29, 1.82) is 5.26 Å². The number of nitriles is 1. The van der Waals surface area contributed by atoms with Crippen molar-refractivity contribution in [3.8, 4) is 22.9 Å². The molecule has 4 rings (SSSR count). The third kappa shape index (κ3) is 6.21. The van der Waals surface area contributed by atoms with Gasteiger partial charge < -0.3 is 15.4 Å². The van der Waals surface area contributed by atoms with Crippen LogP contribution in [-0.4, -0.2) is 24.5 Å². The van der Waals surface area contributed by atoms with E-state index in [1.807, 2.05) is 54.6 Å². The van der Waals surface area contributed by atoms with Crippen LogP contribution in [0.1, 0.15) is 30.4 Å². The van der Waals surface area contributed by atoms with Crippen LogP contribution < -0.4 is 15.4 Å². The summed E-state index contributed by atoms with van der Waals surface area (Å²) in [6, 6.07) is 23.3. The number of amides is 1. The molecule has 0 saturated carbocycles. The quantitative estimate of drug-likeness (QED) is 0.511. The molecule has 5 nitrogen and oxygen atoms in total. The summed E-state index contributed by atoms with van der Waals surface area (Å²) >= 11 is 0. The smallest absolute Gasteiger partial charge is 0.238 e. The summed E-state index contributed by atoms with van der Waals surface area (Å²) in [5.74, 6) is -0.00312. The van der Waals surface area contributed by atoms with Crippen LogP contribution in [0.2, 0.25) is 0 Å². The molecule has 0 aliphatic carbocycles. The molecule has 3 aromatic carbocycles. The Kier molecular flexibility index (Phi) is 7.90. The minimum Gasteiger partial charge on any atom is -0.488 e. The number of rotatable bonds is 8. The summed E-state index contributed by atoms with van der Waals surface area (Å²) in [5, 5.41) is 15.6. The van der Waals surface area contributed by atoms with E-state index < -0.39 is 6.04 Å². The number of hydrogen-bond donors (Lipinski definition) is 2. The fourth-order valence-electron chi connectivity index (χ4n) is 4.12. The second-order valence-corrected chi connectivity index (χ2v) is 8.51. The van der Waals surface area contributed by atoms with Gasteiger partial charge in [-0.05, 0) is 48.2 Å². The van der Waals surface area contributed by atoms with E-state index in [0.717, 1.165) is 48.1 Å². The normalized spacial score (nSPS) is 16.3. The number of benzene rings is 3. The van der Waals surface area contributed by atoms with E-state index in [9.17, 15) is 14.4 Å². The van der Waals surface area contributed by atoms with Crippen LogP contribution in [0.25, 0.3) is 11.1 Å². The zero-order valence-corrected chi connectivity index (χ0v) is 19.0. The molecule has 2 atom stereocenters. The number of piperidine rings is 1. The first-order valence-electron chi connectivity index (χ1n) is 11.6. The van der Waals surface area contributed by atoms with Crippen molar-refractivity contribution in [2.45, 2.75) is 44.4 Å². The topological polar surface area (TPSA) is 74.1 Å². The average molecular weight is 458 g/mol. The van der Waals surface area contributed by atoms with Crippen LogP contribution in [-0.2, 0) is 17.8 Å². The van der Waals surface area contributed by atoms with Crippen LogP contribution in [0.15, 0.2) is 72.8 Å². The predicted molar refractivity (Wildman–Crippen MR) is 129 cm³/mol. The third-order valence-electron chi connectivity index (χ3n) is 5.98. The molecule has 1 fully saturated rings. The van der Waals surface area contributed by atoms with Crippen LogP contribution in [0.4, 0.5) is 4.39 Å². The van der Waals surface area contributed by atoms with E-state index in [1.54, 1.807) is 6.07 Å². The first-order valence-corrected chi connectivity index (χ1v) is 11.6. The van der Waals surface area contributed by atoms with Gasteiger partial charge in [0, 0.05) is 18.1 Å². The Labute approximate surface area is 199 Å². The highest BCUT2D eigenvalue weighted by molar-refractivity contribution is 5.82. The summed E-state index contributed by atoms with van der Waals surface area (Å²) in [6.45, 7) is 1.17. The highest BCUT2D eigenvalue weighted by Gasteiger charge is 2.23. The Hall–Kier alpha value is -3.69. The Morgan fingerprint density at radius 2 is 1.88 bits per heavy atom. The molecule has 6 heteroatoms. The number of carbonyl (C=O) groups excluding carboxylic acids is 1. The van der Waals surface area contributed by atoms with Gasteiger partial charge in [-0.1, -0.05) is 61.0 Å². The molecule has 0 aromatic heterocycles. The van der Waals surface area contributed by atoms with Gasteiger partial charge in [0.05, 0.1) is 12.1 Å². The monoisotopic (exact) mass is 457 g/mol. The summed E-state index contributed by atoms with van der Waals surface area (Å²) in [4.78, 5) is 12.5. The van der Waals surface area contributed by atoms with E-state index in [-0.39, 0.29) is 17.8 Å². The van der Waals surface area contributed by atoms with Crippen molar-refractivity contribution in [3.05, 3.63) is 89.7 Å². The maximum atomic E-state index is 13.9. The van der Waals surface area contributed by atoms with Gasteiger partial charge in [-0.3, -0.25) is 4.79 Å². The molecule has 174 valence electrons. The van der Waals surface area contributed by atoms with E-state index in [1.165, 1.54) is 12.1 Å². The maximum Gasteiger partial charge on any atom is 0.238 e. The first kappa shape index (κ1) is 23.5. The van der Waals surface area contributed by atoms with Crippen LogP contribution >= 0.6 is 0 Å². The van der Waals surface area contributed by atoms with Crippen molar-refractivity contribution in [3.63, 3.8) is 0 Å². The SMILES string of the molecule is N#C[C@H](Cc1ccc(-c2ccc(F)cc2OCc2ccccc2)cc1)NC(=O)[C@@H]1CCCCN1. The average Bonchev–Trinajstić information content (AvgIpc) is 2.89. The highest BCUT2D eigenvalue weighted by atomic mass is 19.1. The molecule has 0 unspecified atom stereocenters. The standard InChI is InChI=1S/C28H28FN3O2/c29-23-13-14-25(27(17-23)34-19-21-6-2-1-3-7-21)22-11-9-20(10-12-22)16-24(18-30)32-28(33)26-8-4-5-15-31-26/h1-3,6-7,9-14,17,24,26,31H,4-5,8,15-16,19H2,(H,32,33)/t24-,26-/m0/s1. The van der Waals surface area contributed by atoms with E-state index in [4.69, 9.17) is 4.74 Å². The lowest BCUT2D eigenvalue weighted by atomic mass is 9.99. The summed E-state index contributed by atoms with van der Waals surface area (Å²) in [5.41, 5.74) is 3.61. The fraction of sp³-hybridized carbons (Fsp3) is 0.286. The number of hydrogen-bond acceptors (Lipinski definition) is 4. The molecule has 2 N–H and O–H groups in total. The lowest BCUT2D eigenvalue weighted by Crippen LogP contribution is -2.49. The highest BCUT2D eigenvalue weighted by Crippen LogP contribution is 2.31. The first-order chi connectivity index (χ1) is 16.6. The van der Waals surface area contributed by atoms with Crippen molar-refractivity contribution < 1.29 is 13.9 Å². The molecular formula is C28H28FN3O2. The van der Waals surface area contributed by atoms with Crippen LogP contribution in [0, 0.1) is 17.1 Å². The van der Waals surface area contributed by atoms with Crippen LogP contribution in [0.5, 0.6) is 5.75 Å². The Balaban J connectivity index is 1.42. The van der Waals surface area contributed by atoms with Crippen LogP contribution in [0.3, 0.4) is 0 Å². The van der Waals surface area contributed by atoms with Crippen molar-refractivity contribution >= 4 is 5.91 Å². The number of nitrogens with one attached hydrogen (secondary N) is 2. The molecule has 1 heterocycles. The van der Waals surface area contributed by atoms with Gasteiger partial charge in [0.15, 0.2) is 0 Å². The van der Waals surface area contributed by atoms with Gasteiger partial charge in [-0.15, -0.1) is 0 Å². The largest absolute Gasteiger partial charge is 0.488 e. The van der Waals surface area contributed by atoms with Gasteiger partial charge in [0.2, 0.25) is 5.91 Å². The van der Waals surface area contributed by atoms with Gasteiger partial charge in [0.25, 0.3) is 0 Å². The van der Waals surface area contributed by atoms with Crippen molar-refractivity contribution in [2.24, 2.45) is 0 Å². The number of ether oxygens (including phenoxy) is 1. The molecule has 1 saturated heterocycles. The summed E-state index contributed by atoms with van der Waals surface area (Å²) in [6.07, 6.45) is 3.30. The van der Waals surface area contributed by atoms with E-state index >= 15 is 0 Å². The number of carbonyl (C=O) groups is 1. The second-order valence-electron chi connectivity index (χ2n) is 8.51. The minimum atomic E-state index is -0.599. The number of nitrogens with zero attached hydrogens (tertiary/aromatic N) is 1. The van der Waals surface area contributed by atoms with Gasteiger partial charge in [-0.25, -0.2) is 4.39 Å². The lowest BCUT2D eigenvalue weighted by Gasteiger charge is -2.23. The molecule has 34 heavy (non-hydrogen) atoms. The molecule has 1 aliphatic rings. The summed E-state index contributed by atoms with van der Waals surface area (Å²) < 4.78 is 19.9. The van der Waals surface area contributed by atoms with Gasteiger partial charge in [-0.2, -0.15) is 5.26 Å². The zero-order chi connectivity index (χ0) is 23.8. The summed E-state index contributed by atoms with van der Waals surface area (Å²) in [7, 11) is 0. The molecule has 3 aromatic rings.